The Morgan fingerprint density at radius 2 is 0.899 bits per heavy atom. The monoisotopic (exact) mass is 1320 g/mol. The van der Waals surface area contributed by atoms with Gasteiger partial charge >= 0.3 is 6.85 Å². The first kappa shape index (κ1) is 62.8. The molecule has 486 valence electrons. The van der Waals surface area contributed by atoms with Crippen molar-refractivity contribution in [3.8, 4) is 54.9 Å². The molecule has 0 saturated carbocycles. The van der Waals surface area contributed by atoms with Crippen LogP contribution in [0.15, 0.2) is 255 Å². The van der Waals surface area contributed by atoms with E-state index in [0.717, 1.165) is 22.7 Å². The van der Waals surface area contributed by atoms with Crippen molar-refractivity contribution >= 4 is 116 Å². The molecule has 0 fully saturated rings. The second kappa shape index (κ2) is 22.7. The van der Waals surface area contributed by atoms with Crippen LogP contribution in [0.1, 0.15) is 130 Å². The van der Waals surface area contributed by atoms with Gasteiger partial charge in [-0.3, -0.25) is 0 Å². The van der Waals surface area contributed by atoms with Gasteiger partial charge in [0.25, 0.3) is 0 Å². The summed E-state index contributed by atoms with van der Waals surface area (Å²) in [6.45, 7) is 32.5. The summed E-state index contributed by atoms with van der Waals surface area (Å²) in [4.78, 5) is 9.27. The molecule has 99 heavy (non-hydrogen) atoms. The molecule has 4 heterocycles. The SMILES string of the molecule is CC(C)(C)c1ccc(N2B3c4cc5sc(-c6ccccc6)c(-c6ccccc6)c5cc4N(c4ccc(C(C)(C)C)cc4-c4ccccc4)c4c3c(cc3c4sc4ccccc43)-c3cc4c(cc32)C(C)(C)c2ccc(N(c3ccc(C(C)(C)C)cc3)c3ccc(C(C)(C)C)cc3)cc2-4)cc1. The Morgan fingerprint density at radius 3 is 1.51 bits per heavy atom. The van der Waals surface area contributed by atoms with E-state index in [-0.39, 0.29) is 33.9 Å². The zero-order valence-corrected chi connectivity index (χ0v) is 61.1. The first-order valence-electron chi connectivity index (χ1n) is 35.3. The fraction of sp³-hybridized carbons (Fsp3) is 0.204. The Balaban J connectivity index is 0.991. The van der Waals surface area contributed by atoms with Gasteiger partial charge in [0.2, 0.25) is 0 Å². The van der Waals surface area contributed by atoms with E-state index in [2.05, 4.69) is 366 Å². The smallest absolute Gasteiger partial charge is 0.333 e. The van der Waals surface area contributed by atoms with E-state index in [4.69, 9.17) is 0 Å². The average molecular weight is 1320 g/mol. The first-order chi connectivity index (χ1) is 47.4. The summed E-state index contributed by atoms with van der Waals surface area (Å²) in [5, 5.41) is 3.81. The molecular weight excluding hydrogens is 1230 g/mol. The number of benzene rings is 12. The molecule has 0 N–H and O–H groups in total. The van der Waals surface area contributed by atoms with E-state index in [1.54, 1.807) is 0 Å². The van der Waals surface area contributed by atoms with Crippen molar-refractivity contribution in [2.75, 3.05) is 14.6 Å². The number of fused-ring (bicyclic) bond motifs is 12. The number of thiophene rings is 2. The average Bonchev–Trinajstić information content (AvgIpc) is 1.66. The summed E-state index contributed by atoms with van der Waals surface area (Å²) in [7, 11) is 0. The molecular formula is C93H84BN3S2. The summed E-state index contributed by atoms with van der Waals surface area (Å²) < 4.78 is 3.84. The van der Waals surface area contributed by atoms with Gasteiger partial charge in [-0.2, -0.15) is 0 Å². The van der Waals surface area contributed by atoms with Crippen LogP contribution in [0.25, 0.3) is 85.2 Å². The van der Waals surface area contributed by atoms with Crippen molar-refractivity contribution in [2.24, 2.45) is 0 Å². The molecule has 6 heteroatoms. The Kier molecular flexibility index (Phi) is 14.4. The molecule has 3 aliphatic rings. The largest absolute Gasteiger partial charge is 0.376 e. The van der Waals surface area contributed by atoms with Crippen LogP contribution in [-0.2, 0) is 27.1 Å². The molecule has 0 saturated heterocycles. The minimum absolute atomic E-state index is 0.0196. The highest BCUT2D eigenvalue weighted by atomic mass is 32.1. The fourth-order valence-electron chi connectivity index (χ4n) is 16.2. The quantitative estimate of drug-likeness (QED) is 0.140. The summed E-state index contributed by atoms with van der Waals surface area (Å²) in [5.41, 5.74) is 30.7. The molecule has 0 bridgehead atoms. The van der Waals surface area contributed by atoms with Crippen molar-refractivity contribution in [3.63, 3.8) is 0 Å². The highest BCUT2D eigenvalue weighted by Crippen LogP contribution is 2.59. The van der Waals surface area contributed by atoms with Gasteiger partial charge in [-0.1, -0.05) is 255 Å². The molecule has 0 atom stereocenters. The number of anilines is 8. The number of nitrogens with zero attached hydrogens (tertiary/aromatic N) is 3. The summed E-state index contributed by atoms with van der Waals surface area (Å²) in [5.74, 6) is 0. The topological polar surface area (TPSA) is 9.72 Å². The van der Waals surface area contributed by atoms with E-state index < -0.39 is 0 Å². The summed E-state index contributed by atoms with van der Waals surface area (Å²) in [6, 6.07) is 98.6. The molecule has 0 unspecified atom stereocenters. The van der Waals surface area contributed by atoms with Crippen molar-refractivity contribution in [3.05, 3.63) is 288 Å². The first-order valence-corrected chi connectivity index (χ1v) is 37.0. The standard InChI is InChI=1S/C93H84BN3S2/c1-89(2,3)60-34-41-64(42-35-60)95(65-43-36-61(37-44-65)90(4,5)6)67-47-48-76-70(51-67)71-52-72-73-53-74-68-32-24-25-33-82(68)98-88(74)86-85(73)94(97(80(72)55-77(71)93(76,13)14)66-45-38-62(39-46-66)91(7,8)9)78-56-83-75(84(58-28-20-16-21-29-58)87(99-83)59-30-22-17-23-31-59)54-81(78)96(86)79-49-40-63(92(10,11)12)50-69(79)57-26-18-15-19-27-57/h15-56H,1-14H3. The molecule has 17 rings (SSSR count). The van der Waals surface area contributed by atoms with Gasteiger partial charge in [-0.15, -0.1) is 22.7 Å². The maximum absolute atomic E-state index is 2.77. The van der Waals surface area contributed by atoms with Crippen LogP contribution < -0.4 is 25.5 Å². The maximum atomic E-state index is 2.77. The second-order valence-corrected chi connectivity index (χ2v) is 34.7. The van der Waals surface area contributed by atoms with Gasteiger partial charge in [0, 0.05) is 86.7 Å². The van der Waals surface area contributed by atoms with Crippen LogP contribution in [0.2, 0.25) is 0 Å². The van der Waals surface area contributed by atoms with E-state index in [0.29, 0.717) is 0 Å². The molecule has 0 amide bonds. The lowest BCUT2D eigenvalue weighted by Crippen LogP contribution is -2.61. The Morgan fingerprint density at radius 1 is 0.364 bits per heavy atom. The molecule has 0 radical (unpaired) electrons. The second-order valence-electron chi connectivity index (χ2n) is 32.6. The number of hydrogen-bond donors (Lipinski definition) is 0. The van der Waals surface area contributed by atoms with Gasteiger partial charge < -0.3 is 14.6 Å². The van der Waals surface area contributed by atoms with Crippen LogP contribution >= 0.6 is 22.7 Å². The zero-order chi connectivity index (χ0) is 68.4. The van der Waals surface area contributed by atoms with E-state index in [9.17, 15) is 0 Å². The molecule has 14 aromatic rings. The van der Waals surface area contributed by atoms with Crippen molar-refractivity contribution in [2.45, 2.75) is 124 Å². The lowest BCUT2D eigenvalue weighted by molar-refractivity contribution is 0.590. The molecule has 0 spiro atoms. The molecule has 1 aliphatic carbocycles. The third-order valence-corrected chi connectivity index (χ3v) is 24.1. The van der Waals surface area contributed by atoms with Gasteiger partial charge in [0.05, 0.1) is 16.1 Å². The highest BCUT2D eigenvalue weighted by Gasteiger charge is 2.49. The normalized spacial score (nSPS) is 14.0. The lowest BCUT2D eigenvalue weighted by atomic mass is 9.43. The lowest BCUT2D eigenvalue weighted by Gasteiger charge is -2.46. The van der Waals surface area contributed by atoms with Gasteiger partial charge in [-0.05, 0) is 196 Å². The van der Waals surface area contributed by atoms with Crippen molar-refractivity contribution < 1.29 is 0 Å². The van der Waals surface area contributed by atoms with Gasteiger partial charge in [0.15, 0.2) is 0 Å². The minimum atomic E-state index is -0.342. The van der Waals surface area contributed by atoms with E-state index >= 15 is 0 Å². The fourth-order valence-corrected chi connectivity index (χ4v) is 18.7. The Hall–Kier alpha value is -9.72. The highest BCUT2D eigenvalue weighted by molar-refractivity contribution is 7.26. The Bertz CT molecular complexity index is 5480. The number of hydrogen-bond acceptors (Lipinski definition) is 5. The third kappa shape index (κ3) is 10.2. The minimum Gasteiger partial charge on any atom is -0.376 e. The zero-order valence-electron chi connectivity index (χ0n) is 59.5. The number of rotatable bonds is 8. The van der Waals surface area contributed by atoms with Crippen LogP contribution in [0.5, 0.6) is 0 Å². The predicted octanol–water partition coefficient (Wildman–Crippen LogP) is 25.9. The van der Waals surface area contributed by atoms with Crippen LogP contribution in [-0.4, -0.2) is 6.85 Å². The van der Waals surface area contributed by atoms with Gasteiger partial charge in [0.1, 0.15) is 0 Å². The maximum Gasteiger partial charge on any atom is 0.333 e. The van der Waals surface area contributed by atoms with Crippen LogP contribution in [0, 0.1) is 0 Å². The summed E-state index contributed by atoms with van der Waals surface area (Å²) >= 11 is 3.87. The molecule has 12 aromatic carbocycles. The molecule has 3 nitrogen and oxygen atoms in total. The third-order valence-electron chi connectivity index (χ3n) is 21.7. The van der Waals surface area contributed by atoms with Gasteiger partial charge in [-0.25, -0.2) is 0 Å². The molecule has 2 aliphatic heterocycles. The van der Waals surface area contributed by atoms with Crippen molar-refractivity contribution in [1.29, 1.82) is 0 Å². The molecule has 2 aromatic heterocycles. The Labute approximate surface area is 593 Å². The van der Waals surface area contributed by atoms with Crippen LogP contribution in [0.4, 0.5) is 45.5 Å². The van der Waals surface area contributed by atoms with E-state index in [1.165, 1.54) is 152 Å². The van der Waals surface area contributed by atoms with Crippen LogP contribution in [0.3, 0.4) is 0 Å². The van der Waals surface area contributed by atoms with Crippen molar-refractivity contribution in [1.82, 2.24) is 0 Å². The van der Waals surface area contributed by atoms with E-state index in [1.807, 2.05) is 22.7 Å². The predicted molar refractivity (Wildman–Crippen MR) is 432 cm³/mol. The summed E-state index contributed by atoms with van der Waals surface area (Å²) in [6.07, 6.45) is 0.